The summed E-state index contributed by atoms with van der Waals surface area (Å²) >= 11 is 0. The van der Waals surface area contributed by atoms with Gasteiger partial charge in [-0.25, -0.2) is 4.39 Å². The lowest BCUT2D eigenvalue weighted by molar-refractivity contribution is 0.148. The molecule has 0 bridgehead atoms. The van der Waals surface area contributed by atoms with Gasteiger partial charge in [0, 0.05) is 44.2 Å². The van der Waals surface area contributed by atoms with Gasteiger partial charge in [-0.1, -0.05) is 30.3 Å². The Hall–Kier alpha value is -3.01. The highest BCUT2D eigenvalue weighted by molar-refractivity contribution is 5.90. The lowest BCUT2D eigenvalue weighted by Crippen LogP contribution is -2.43. The molecular weight excluding hydrogens is 353 g/mol. The van der Waals surface area contributed by atoms with Gasteiger partial charge in [-0.2, -0.15) is 10.4 Å². The van der Waals surface area contributed by atoms with Crippen LogP contribution < -0.4 is 0 Å². The maximum atomic E-state index is 13.7. The van der Waals surface area contributed by atoms with Gasteiger partial charge in [0.25, 0.3) is 0 Å². The van der Waals surface area contributed by atoms with E-state index in [1.54, 1.807) is 0 Å². The van der Waals surface area contributed by atoms with Crippen LogP contribution in [0.15, 0.2) is 36.4 Å². The maximum absolute atomic E-state index is 13.7. The molecule has 0 radical (unpaired) electrons. The second-order valence-corrected chi connectivity index (χ2v) is 7.26. The number of piperazine rings is 1. The number of likely N-dealkylation sites (N-methyl/N-ethyl adjacent to an activating group) is 1. The molecule has 1 aromatic heterocycles. The standard InChI is InChI=1S/C22H22FN5/c1-27-7-9-28(10-8-27)15-17-4-2-3-16(11-17)5-6-21-19-12-18(14-24)20(23)13-22(19)26-25-21/h2-6,11-13H,7-10,15H2,1H3,(H,25,26). The first kappa shape index (κ1) is 18.4. The zero-order valence-electron chi connectivity index (χ0n) is 15.8. The molecule has 3 aromatic rings. The number of nitriles is 1. The first-order valence-corrected chi connectivity index (χ1v) is 9.38. The quantitative estimate of drug-likeness (QED) is 0.758. The molecule has 1 aliphatic heterocycles. The van der Waals surface area contributed by atoms with Crippen molar-refractivity contribution in [2.24, 2.45) is 0 Å². The highest BCUT2D eigenvalue weighted by atomic mass is 19.1. The third kappa shape index (κ3) is 3.96. The van der Waals surface area contributed by atoms with E-state index in [1.807, 2.05) is 18.2 Å². The van der Waals surface area contributed by atoms with Crippen molar-refractivity contribution in [2.75, 3.05) is 33.2 Å². The Morgan fingerprint density at radius 3 is 2.79 bits per heavy atom. The Morgan fingerprint density at radius 2 is 2.00 bits per heavy atom. The largest absolute Gasteiger partial charge is 0.304 e. The van der Waals surface area contributed by atoms with Gasteiger partial charge in [-0.15, -0.1) is 0 Å². The van der Waals surface area contributed by atoms with E-state index in [9.17, 15) is 4.39 Å². The van der Waals surface area contributed by atoms with Gasteiger partial charge < -0.3 is 4.90 Å². The number of fused-ring (bicyclic) bond motifs is 1. The summed E-state index contributed by atoms with van der Waals surface area (Å²) in [4.78, 5) is 4.83. The van der Waals surface area contributed by atoms with Crippen LogP contribution in [0.2, 0.25) is 0 Å². The molecule has 1 fully saturated rings. The van der Waals surface area contributed by atoms with E-state index in [0.29, 0.717) is 11.2 Å². The molecule has 0 atom stereocenters. The van der Waals surface area contributed by atoms with Gasteiger partial charge in [0.15, 0.2) is 0 Å². The van der Waals surface area contributed by atoms with Gasteiger partial charge in [0.05, 0.1) is 16.8 Å². The van der Waals surface area contributed by atoms with Crippen LogP contribution in [0.25, 0.3) is 23.1 Å². The summed E-state index contributed by atoms with van der Waals surface area (Å²) in [7, 11) is 2.16. The van der Waals surface area contributed by atoms with E-state index < -0.39 is 5.82 Å². The molecule has 0 spiro atoms. The van der Waals surface area contributed by atoms with Crippen molar-refractivity contribution >= 4 is 23.1 Å². The zero-order valence-corrected chi connectivity index (χ0v) is 15.8. The fraction of sp³-hybridized carbons (Fsp3) is 0.273. The minimum atomic E-state index is -0.536. The minimum Gasteiger partial charge on any atom is -0.304 e. The predicted octanol–water partition coefficient (Wildman–Crippen LogP) is 3.49. The van der Waals surface area contributed by atoms with Gasteiger partial charge in [0.2, 0.25) is 0 Å². The lowest BCUT2D eigenvalue weighted by atomic mass is 10.1. The van der Waals surface area contributed by atoms with Crippen LogP contribution in [-0.4, -0.2) is 53.2 Å². The van der Waals surface area contributed by atoms with Crippen LogP contribution >= 0.6 is 0 Å². The second kappa shape index (κ2) is 7.93. The third-order valence-corrected chi connectivity index (χ3v) is 5.19. The number of rotatable bonds is 4. The van der Waals surface area contributed by atoms with Crippen molar-refractivity contribution in [3.63, 3.8) is 0 Å². The second-order valence-electron chi connectivity index (χ2n) is 7.26. The van der Waals surface area contributed by atoms with Crippen LogP contribution in [-0.2, 0) is 6.54 Å². The number of benzene rings is 2. The SMILES string of the molecule is CN1CCN(Cc2cccc(C=Cc3n[nH]c4cc(F)c(C#N)cc34)c2)CC1. The molecule has 2 heterocycles. The van der Waals surface area contributed by atoms with Crippen molar-refractivity contribution in [1.29, 1.82) is 5.26 Å². The highest BCUT2D eigenvalue weighted by Gasteiger charge is 2.14. The number of aromatic nitrogens is 2. The fourth-order valence-electron chi connectivity index (χ4n) is 3.51. The summed E-state index contributed by atoms with van der Waals surface area (Å²) < 4.78 is 13.7. The van der Waals surface area contributed by atoms with Crippen LogP contribution in [0.4, 0.5) is 4.39 Å². The average Bonchev–Trinajstić information content (AvgIpc) is 3.09. The van der Waals surface area contributed by atoms with Crippen LogP contribution in [0.1, 0.15) is 22.4 Å². The Bertz CT molecular complexity index is 1050. The van der Waals surface area contributed by atoms with E-state index >= 15 is 0 Å². The minimum absolute atomic E-state index is 0.0257. The van der Waals surface area contributed by atoms with E-state index in [2.05, 4.69) is 51.3 Å². The summed E-state index contributed by atoms with van der Waals surface area (Å²) in [5, 5.41) is 16.9. The molecule has 28 heavy (non-hydrogen) atoms. The van der Waals surface area contributed by atoms with Crippen molar-refractivity contribution in [2.45, 2.75) is 6.54 Å². The molecule has 142 valence electrons. The highest BCUT2D eigenvalue weighted by Crippen LogP contribution is 2.22. The number of hydrogen-bond acceptors (Lipinski definition) is 4. The summed E-state index contributed by atoms with van der Waals surface area (Å²) in [6.07, 6.45) is 3.89. The summed E-state index contributed by atoms with van der Waals surface area (Å²) in [6, 6.07) is 13.2. The molecule has 1 aliphatic rings. The number of halogens is 1. The maximum Gasteiger partial charge on any atom is 0.143 e. The Kier molecular flexibility index (Phi) is 5.20. The Labute approximate surface area is 163 Å². The first-order valence-electron chi connectivity index (χ1n) is 9.38. The molecule has 6 heteroatoms. The van der Waals surface area contributed by atoms with Crippen molar-refractivity contribution in [3.05, 3.63) is 64.6 Å². The van der Waals surface area contributed by atoms with Gasteiger partial charge in [-0.3, -0.25) is 10.00 Å². The smallest absolute Gasteiger partial charge is 0.143 e. The molecule has 0 amide bonds. The van der Waals surface area contributed by atoms with Crippen molar-refractivity contribution in [3.8, 4) is 6.07 Å². The Morgan fingerprint density at radius 1 is 1.18 bits per heavy atom. The number of hydrogen-bond donors (Lipinski definition) is 1. The first-order chi connectivity index (χ1) is 13.6. The monoisotopic (exact) mass is 375 g/mol. The number of nitrogens with one attached hydrogen (secondary N) is 1. The van der Waals surface area contributed by atoms with E-state index in [1.165, 1.54) is 17.7 Å². The topological polar surface area (TPSA) is 58.9 Å². The molecule has 1 saturated heterocycles. The van der Waals surface area contributed by atoms with E-state index in [0.717, 1.165) is 43.7 Å². The average molecular weight is 375 g/mol. The van der Waals surface area contributed by atoms with Gasteiger partial charge in [-0.05, 0) is 30.3 Å². The van der Waals surface area contributed by atoms with Gasteiger partial charge >= 0.3 is 0 Å². The van der Waals surface area contributed by atoms with Crippen LogP contribution in [0.5, 0.6) is 0 Å². The fourth-order valence-corrected chi connectivity index (χ4v) is 3.51. The number of H-pyrrole nitrogens is 1. The van der Waals surface area contributed by atoms with Crippen LogP contribution in [0.3, 0.4) is 0 Å². The van der Waals surface area contributed by atoms with E-state index in [-0.39, 0.29) is 5.56 Å². The molecule has 0 unspecified atom stereocenters. The van der Waals surface area contributed by atoms with Crippen LogP contribution in [0, 0.1) is 17.1 Å². The lowest BCUT2D eigenvalue weighted by Gasteiger charge is -2.32. The number of aromatic amines is 1. The molecule has 4 rings (SSSR count). The molecule has 0 saturated carbocycles. The molecule has 2 aromatic carbocycles. The molecular formula is C22H22FN5. The third-order valence-electron chi connectivity index (χ3n) is 5.19. The summed E-state index contributed by atoms with van der Waals surface area (Å²) in [5.41, 5.74) is 3.67. The molecule has 0 aliphatic carbocycles. The molecule has 1 N–H and O–H groups in total. The Balaban J connectivity index is 1.52. The number of nitrogens with zero attached hydrogens (tertiary/aromatic N) is 4. The molecule has 5 nitrogen and oxygen atoms in total. The predicted molar refractivity (Wildman–Crippen MR) is 109 cm³/mol. The van der Waals surface area contributed by atoms with Crippen molar-refractivity contribution < 1.29 is 4.39 Å². The van der Waals surface area contributed by atoms with Crippen molar-refractivity contribution in [1.82, 2.24) is 20.0 Å². The summed E-state index contributed by atoms with van der Waals surface area (Å²) in [6.45, 7) is 5.35. The van der Waals surface area contributed by atoms with Gasteiger partial charge in [0.1, 0.15) is 11.9 Å². The normalized spacial score (nSPS) is 16.0. The summed E-state index contributed by atoms with van der Waals surface area (Å²) in [5.74, 6) is -0.536. The zero-order chi connectivity index (χ0) is 19.5. The van der Waals surface area contributed by atoms with E-state index in [4.69, 9.17) is 5.26 Å².